The molecule has 0 saturated heterocycles. The van der Waals surface area contributed by atoms with Gasteiger partial charge < -0.3 is 19.8 Å². The minimum absolute atomic E-state index is 0. The van der Waals surface area contributed by atoms with E-state index in [1.54, 1.807) is 31.4 Å². The zero-order valence-electron chi connectivity index (χ0n) is 17.5. The molecule has 0 bridgehead atoms. The summed E-state index contributed by atoms with van der Waals surface area (Å²) in [5.41, 5.74) is 1.46. The van der Waals surface area contributed by atoms with Gasteiger partial charge in [-0.2, -0.15) is 13.2 Å². The van der Waals surface area contributed by atoms with Gasteiger partial charge >= 0.3 is 6.18 Å². The maximum absolute atomic E-state index is 12.2. The van der Waals surface area contributed by atoms with Crippen molar-refractivity contribution < 1.29 is 22.3 Å². The van der Waals surface area contributed by atoms with Crippen molar-refractivity contribution in [3.8, 4) is 0 Å². The topological polar surface area (TPSA) is 71.7 Å². The molecule has 0 aliphatic heterocycles. The molecule has 0 saturated carbocycles. The second kappa shape index (κ2) is 11.5. The average molecular weight is 540 g/mol. The number of guanidine groups is 1. The van der Waals surface area contributed by atoms with E-state index in [0.29, 0.717) is 30.5 Å². The van der Waals surface area contributed by atoms with E-state index < -0.39 is 12.8 Å². The number of halogens is 4. The van der Waals surface area contributed by atoms with Crippen molar-refractivity contribution >= 4 is 29.9 Å². The number of hydrogen-bond donors (Lipinski definition) is 2. The first-order valence-electron chi connectivity index (χ1n) is 9.19. The zero-order chi connectivity index (χ0) is 21.5. The van der Waals surface area contributed by atoms with Crippen LogP contribution in [0.1, 0.15) is 43.5 Å². The van der Waals surface area contributed by atoms with Crippen molar-refractivity contribution in [2.45, 2.75) is 52.1 Å². The van der Waals surface area contributed by atoms with E-state index in [1.165, 1.54) is 0 Å². The number of rotatable bonds is 7. The Hall–Kier alpha value is -1.82. The van der Waals surface area contributed by atoms with Crippen LogP contribution in [0.25, 0.3) is 0 Å². The summed E-state index contributed by atoms with van der Waals surface area (Å²) in [7, 11) is 1.65. The monoisotopic (exact) mass is 540 g/mol. The quantitative estimate of drug-likeness (QED) is 0.307. The highest BCUT2D eigenvalue weighted by Gasteiger charge is 2.27. The number of alkyl halides is 3. The van der Waals surface area contributed by atoms with Crippen LogP contribution in [0.15, 0.2) is 39.9 Å². The number of nitrogens with one attached hydrogen (secondary N) is 2. The smallest absolute Gasteiger partial charge is 0.411 e. The Labute approximate surface area is 191 Å². The maximum Gasteiger partial charge on any atom is 0.411 e. The van der Waals surface area contributed by atoms with Gasteiger partial charge in [0.1, 0.15) is 12.4 Å². The molecule has 2 rings (SSSR count). The van der Waals surface area contributed by atoms with Crippen LogP contribution in [-0.2, 0) is 29.8 Å². The molecule has 30 heavy (non-hydrogen) atoms. The number of nitrogens with zero attached hydrogens (tertiary/aromatic N) is 2. The highest BCUT2D eigenvalue weighted by Crippen LogP contribution is 2.22. The number of aromatic nitrogens is 1. The largest absolute Gasteiger partial charge is 0.443 e. The third kappa shape index (κ3) is 9.33. The molecule has 2 N–H and O–H groups in total. The lowest BCUT2D eigenvalue weighted by molar-refractivity contribution is -0.176. The molecule has 2 aromatic rings. The highest BCUT2D eigenvalue weighted by molar-refractivity contribution is 14.0. The van der Waals surface area contributed by atoms with Gasteiger partial charge in [-0.15, -0.1) is 24.0 Å². The fraction of sp³-hybridized carbons (Fsp3) is 0.500. The summed E-state index contributed by atoms with van der Waals surface area (Å²) in [6, 6.07) is 7.17. The van der Waals surface area contributed by atoms with Crippen LogP contribution >= 0.6 is 24.0 Å². The van der Waals surface area contributed by atoms with Crippen molar-refractivity contribution in [3.05, 3.63) is 53.2 Å². The third-order valence-electron chi connectivity index (χ3n) is 3.91. The Kier molecular flexibility index (Phi) is 10.1. The molecule has 0 unspecified atom stereocenters. The highest BCUT2D eigenvalue weighted by atomic mass is 127. The number of oxazole rings is 1. The van der Waals surface area contributed by atoms with Crippen molar-refractivity contribution in [2.24, 2.45) is 4.99 Å². The molecule has 0 aliphatic rings. The summed E-state index contributed by atoms with van der Waals surface area (Å²) in [5.74, 6) is 1.92. The molecule has 0 spiro atoms. The van der Waals surface area contributed by atoms with Gasteiger partial charge in [-0.3, -0.25) is 4.99 Å². The van der Waals surface area contributed by atoms with Crippen LogP contribution in [0, 0.1) is 0 Å². The molecule has 0 aliphatic carbocycles. The lowest BCUT2D eigenvalue weighted by Gasteiger charge is -2.14. The van der Waals surface area contributed by atoms with Crippen LogP contribution in [-0.4, -0.2) is 30.8 Å². The van der Waals surface area contributed by atoms with Gasteiger partial charge in [-0.05, 0) is 11.1 Å². The van der Waals surface area contributed by atoms with Crippen molar-refractivity contribution in [2.75, 3.05) is 13.7 Å². The Balaban J connectivity index is 0.00000450. The molecule has 0 atom stereocenters. The molecular formula is C20H28F3IN4O2. The van der Waals surface area contributed by atoms with Gasteiger partial charge in [-0.1, -0.05) is 45.0 Å². The van der Waals surface area contributed by atoms with E-state index in [9.17, 15) is 13.2 Å². The minimum atomic E-state index is -4.33. The second-order valence-corrected chi connectivity index (χ2v) is 7.58. The standard InChI is InChI=1S/C20H27F3N4O2.HI/c1-19(2,3)16-10-25-17(29-16)11-27-18(24-4)26-9-14-6-5-7-15(8-14)12-28-13-20(21,22)23;/h5-8,10H,9,11-13H2,1-4H3,(H2,24,26,27);1H. The molecule has 0 amide bonds. The van der Waals surface area contributed by atoms with E-state index in [-0.39, 0.29) is 36.0 Å². The average Bonchev–Trinajstić information content (AvgIpc) is 3.11. The van der Waals surface area contributed by atoms with Gasteiger partial charge in [0, 0.05) is 19.0 Å². The fourth-order valence-corrected chi connectivity index (χ4v) is 2.42. The molecule has 1 aromatic heterocycles. The maximum atomic E-state index is 12.2. The third-order valence-corrected chi connectivity index (χ3v) is 3.91. The van der Waals surface area contributed by atoms with Gasteiger partial charge in [-0.25, -0.2) is 4.98 Å². The summed E-state index contributed by atoms with van der Waals surface area (Å²) in [6.45, 7) is 5.62. The second-order valence-electron chi connectivity index (χ2n) is 7.58. The lowest BCUT2D eigenvalue weighted by Crippen LogP contribution is -2.36. The number of ether oxygens (including phenoxy) is 1. The summed E-state index contributed by atoms with van der Waals surface area (Å²) in [5, 5.41) is 6.27. The predicted molar refractivity (Wildman–Crippen MR) is 120 cm³/mol. The first-order chi connectivity index (χ1) is 13.6. The van der Waals surface area contributed by atoms with E-state index in [2.05, 4.69) is 20.6 Å². The predicted octanol–water partition coefficient (Wildman–Crippen LogP) is 4.53. The molecule has 168 valence electrons. The molecule has 6 nitrogen and oxygen atoms in total. The number of hydrogen-bond acceptors (Lipinski definition) is 4. The van der Waals surface area contributed by atoms with Gasteiger partial charge in [0.15, 0.2) is 5.96 Å². The Bertz CT molecular complexity index is 817. The van der Waals surface area contributed by atoms with E-state index in [4.69, 9.17) is 9.15 Å². The molecule has 10 heteroatoms. The van der Waals surface area contributed by atoms with Crippen LogP contribution < -0.4 is 10.6 Å². The van der Waals surface area contributed by atoms with Gasteiger partial charge in [0.2, 0.25) is 5.89 Å². The molecule has 0 radical (unpaired) electrons. The minimum Gasteiger partial charge on any atom is -0.443 e. The number of benzene rings is 1. The van der Waals surface area contributed by atoms with Gasteiger partial charge in [0.25, 0.3) is 0 Å². The Morgan fingerprint density at radius 2 is 1.80 bits per heavy atom. The lowest BCUT2D eigenvalue weighted by atomic mass is 9.94. The molecule has 1 heterocycles. The normalized spacial score (nSPS) is 12.4. The van der Waals surface area contributed by atoms with Crippen molar-refractivity contribution in [3.63, 3.8) is 0 Å². The van der Waals surface area contributed by atoms with E-state index in [0.717, 1.165) is 11.3 Å². The summed E-state index contributed by atoms with van der Waals surface area (Å²) in [6.07, 6.45) is -2.60. The molecule has 1 aromatic carbocycles. The van der Waals surface area contributed by atoms with Crippen LogP contribution in [0.5, 0.6) is 0 Å². The van der Waals surface area contributed by atoms with Crippen LogP contribution in [0.2, 0.25) is 0 Å². The summed E-state index contributed by atoms with van der Waals surface area (Å²) < 4.78 is 47.0. The first kappa shape index (κ1) is 26.2. The van der Waals surface area contributed by atoms with E-state index >= 15 is 0 Å². The van der Waals surface area contributed by atoms with Crippen molar-refractivity contribution in [1.82, 2.24) is 15.6 Å². The SMILES string of the molecule is CN=C(NCc1cccc(COCC(F)(F)F)c1)NCc1ncc(C(C)(C)C)o1.I. The van der Waals surface area contributed by atoms with Crippen LogP contribution in [0.4, 0.5) is 13.2 Å². The van der Waals surface area contributed by atoms with Gasteiger partial charge in [0.05, 0.1) is 19.3 Å². The Morgan fingerprint density at radius 1 is 1.13 bits per heavy atom. The number of aliphatic imine (C=N–C) groups is 1. The van der Waals surface area contributed by atoms with E-state index in [1.807, 2.05) is 26.8 Å². The Morgan fingerprint density at radius 3 is 2.40 bits per heavy atom. The zero-order valence-corrected chi connectivity index (χ0v) is 19.8. The molecular weight excluding hydrogens is 512 g/mol. The first-order valence-corrected chi connectivity index (χ1v) is 9.19. The van der Waals surface area contributed by atoms with Crippen LogP contribution in [0.3, 0.4) is 0 Å². The molecule has 0 fully saturated rings. The van der Waals surface area contributed by atoms with Crippen molar-refractivity contribution in [1.29, 1.82) is 0 Å². The summed E-state index contributed by atoms with van der Waals surface area (Å²) in [4.78, 5) is 8.41. The summed E-state index contributed by atoms with van der Waals surface area (Å²) >= 11 is 0. The fourth-order valence-electron chi connectivity index (χ4n) is 2.42.